The predicted molar refractivity (Wildman–Crippen MR) is 59.5 cm³/mol. The third-order valence-corrected chi connectivity index (χ3v) is 2.17. The summed E-state index contributed by atoms with van der Waals surface area (Å²) in [5, 5.41) is 9.66. The zero-order valence-electron chi connectivity index (χ0n) is 9.09. The highest BCUT2D eigenvalue weighted by Crippen LogP contribution is 2.30. The Morgan fingerprint density at radius 3 is 2.64 bits per heavy atom. The first-order chi connectivity index (χ1) is 6.45. The van der Waals surface area contributed by atoms with E-state index < -0.39 is 0 Å². The summed E-state index contributed by atoms with van der Waals surface area (Å²) in [5.74, 6) is 0.255. The summed E-state index contributed by atoms with van der Waals surface area (Å²) in [6.45, 7) is 9.92. The van der Waals surface area contributed by atoms with Crippen LogP contribution in [-0.2, 0) is 11.8 Å². The molecule has 75 valence electrons. The lowest BCUT2D eigenvalue weighted by molar-refractivity contribution is 0.445. The molecular weight excluding hydrogens is 172 g/mol. The van der Waals surface area contributed by atoms with E-state index in [4.69, 9.17) is 0 Å². The van der Waals surface area contributed by atoms with Crippen LogP contribution in [0.25, 0.3) is 0 Å². The minimum atomic E-state index is -0.0439. The van der Waals surface area contributed by atoms with Gasteiger partial charge in [-0.05, 0) is 23.5 Å². The summed E-state index contributed by atoms with van der Waals surface area (Å²) in [6, 6.07) is 6.70. The van der Waals surface area contributed by atoms with Crippen LogP contribution in [0.5, 0.6) is 5.75 Å². The number of allylic oxidation sites excluding steroid dienone is 1. The van der Waals surface area contributed by atoms with Gasteiger partial charge in [0.05, 0.1) is 0 Å². The summed E-state index contributed by atoms with van der Waals surface area (Å²) in [7, 11) is 0. The van der Waals surface area contributed by atoms with E-state index in [-0.39, 0.29) is 11.2 Å². The monoisotopic (exact) mass is 189 g/mol. The van der Waals surface area contributed by atoms with E-state index in [0.29, 0.717) is 0 Å². The molecule has 1 rings (SSSR count). The Bertz CT molecular complexity index is 332. The second-order valence-corrected chi connectivity index (χ2v) is 4.51. The molecule has 0 aliphatic rings. The summed E-state index contributed by atoms with van der Waals surface area (Å²) >= 11 is 0. The van der Waals surface area contributed by atoms with Crippen LogP contribution < -0.4 is 0 Å². The molecule has 0 fully saturated rings. The van der Waals surface area contributed by atoms with Crippen LogP contribution >= 0.6 is 0 Å². The zero-order chi connectivity index (χ0) is 10.8. The minimum Gasteiger partial charge on any atom is -0.507 e. The first-order valence-corrected chi connectivity index (χ1v) is 4.80. The van der Waals surface area contributed by atoms with Gasteiger partial charge in [-0.3, -0.25) is 0 Å². The highest BCUT2D eigenvalue weighted by Gasteiger charge is 2.18. The first kappa shape index (κ1) is 10.8. The Hall–Kier alpha value is -1.24. The number of phenols is 1. The van der Waals surface area contributed by atoms with E-state index in [1.165, 1.54) is 0 Å². The third-order valence-electron chi connectivity index (χ3n) is 2.17. The van der Waals surface area contributed by atoms with Crippen molar-refractivity contribution in [3.05, 3.63) is 42.0 Å². The van der Waals surface area contributed by atoms with Crippen LogP contribution in [0.2, 0.25) is 0 Å². The van der Waals surface area contributed by atoms with Gasteiger partial charge < -0.3 is 5.11 Å². The lowest BCUT2D eigenvalue weighted by Gasteiger charge is -2.20. The predicted octanol–water partition coefficient (Wildman–Crippen LogP) is 3.22. The average Bonchev–Trinajstić information content (AvgIpc) is 2.07. The van der Waals surface area contributed by atoms with Gasteiger partial charge in [0, 0.05) is 11.6 Å². The summed E-state index contributed by atoms with van der Waals surface area (Å²) in [5.41, 5.74) is 2.04. The third kappa shape index (κ3) is 2.38. The molecule has 1 aromatic rings. The maximum Gasteiger partial charge on any atom is 0.127 e. The Labute approximate surface area is 86.1 Å². The Kier molecular flexibility index (Phi) is 3.00. The van der Waals surface area contributed by atoms with Crippen molar-refractivity contribution in [2.24, 2.45) is 0 Å². The molecule has 0 unspecified atom stereocenters. The van der Waals surface area contributed by atoms with Crippen LogP contribution in [0.4, 0.5) is 0 Å². The molecule has 1 aromatic carbocycles. The maximum atomic E-state index is 9.66. The van der Waals surface area contributed by atoms with Gasteiger partial charge in [0.1, 0.15) is 5.75 Å². The molecular formula is C13H17O. The van der Waals surface area contributed by atoms with Crippen LogP contribution in [0.15, 0.2) is 24.8 Å². The van der Waals surface area contributed by atoms with Crippen molar-refractivity contribution < 1.29 is 5.11 Å². The number of hydrogen-bond acceptors (Lipinski definition) is 1. The maximum absolute atomic E-state index is 9.66. The van der Waals surface area contributed by atoms with Crippen molar-refractivity contribution in [2.75, 3.05) is 0 Å². The van der Waals surface area contributed by atoms with Gasteiger partial charge in [0.25, 0.3) is 0 Å². The molecule has 0 heterocycles. The molecule has 0 aliphatic carbocycles. The molecule has 1 nitrogen and oxygen atoms in total. The van der Waals surface area contributed by atoms with Crippen LogP contribution in [0.3, 0.4) is 0 Å². The largest absolute Gasteiger partial charge is 0.507 e. The van der Waals surface area contributed by atoms with Crippen molar-refractivity contribution in [3.8, 4) is 5.75 Å². The lowest BCUT2D eigenvalue weighted by atomic mass is 9.85. The van der Waals surface area contributed by atoms with Crippen molar-refractivity contribution in [1.82, 2.24) is 0 Å². The van der Waals surface area contributed by atoms with Gasteiger partial charge >= 0.3 is 0 Å². The van der Waals surface area contributed by atoms with E-state index in [9.17, 15) is 5.11 Å². The van der Waals surface area contributed by atoms with E-state index in [1.807, 2.05) is 18.2 Å². The molecule has 0 bridgehead atoms. The van der Waals surface area contributed by atoms with Crippen molar-refractivity contribution in [2.45, 2.75) is 32.6 Å². The highest BCUT2D eigenvalue weighted by atomic mass is 16.3. The molecule has 0 aliphatic heterocycles. The normalized spacial score (nSPS) is 11.4. The highest BCUT2D eigenvalue weighted by molar-refractivity contribution is 5.40. The first-order valence-electron chi connectivity index (χ1n) is 4.80. The molecule has 0 saturated heterocycles. The number of phenolic OH excluding ortho intramolecular Hbond substituents is 1. The van der Waals surface area contributed by atoms with E-state index in [1.54, 1.807) is 0 Å². The standard InChI is InChI=1S/C13H17O/c1-5-6-10-7-8-12(14)11(9-10)13(2,3)4/h5,7,9,14H,1,6H2,2-4H3. The zero-order valence-corrected chi connectivity index (χ0v) is 9.09. The molecule has 0 atom stereocenters. The SMILES string of the molecule is C=CCc1c[c]c(O)c(C(C)(C)C)c1. The lowest BCUT2D eigenvalue weighted by Crippen LogP contribution is -2.11. The topological polar surface area (TPSA) is 20.2 Å². The molecule has 0 spiro atoms. The fourth-order valence-corrected chi connectivity index (χ4v) is 1.39. The Balaban J connectivity index is 3.15. The minimum absolute atomic E-state index is 0.0439. The van der Waals surface area contributed by atoms with Gasteiger partial charge in [-0.1, -0.05) is 32.9 Å². The fraction of sp³-hybridized carbons (Fsp3) is 0.385. The molecule has 1 heteroatoms. The van der Waals surface area contributed by atoms with Gasteiger partial charge in [0.2, 0.25) is 0 Å². The molecule has 0 aromatic heterocycles. The van der Waals surface area contributed by atoms with E-state index in [2.05, 4.69) is 33.4 Å². The molecule has 1 N–H and O–H groups in total. The molecule has 14 heavy (non-hydrogen) atoms. The van der Waals surface area contributed by atoms with Gasteiger partial charge in [-0.2, -0.15) is 0 Å². The van der Waals surface area contributed by atoms with Gasteiger partial charge in [0.15, 0.2) is 0 Å². The van der Waals surface area contributed by atoms with Crippen LogP contribution in [0.1, 0.15) is 31.9 Å². The van der Waals surface area contributed by atoms with Crippen molar-refractivity contribution in [3.63, 3.8) is 0 Å². The van der Waals surface area contributed by atoms with Crippen molar-refractivity contribution in [1.29, 1.82) is 0 Å². The van der Waals surface area contributed by atoms with Gasteiger partial charge in [-0.25, -0.2) is 0 Å². The van der Waals surface area contributed by atoms with E-state index >= 15 is 0 Å². The van der Waals surface area contributed by atoms with E-state index in [0.717, 1.165) is 17.5 Å². The number of hydrogen-bond donors (Lipinski definition) is 1. The second-order valence-electron chi connectivity index (χ2n) is 4.51. The average molecular weight is 189 g/mol. The quantitative estimate of drug-likeness (QED) is 0.708. The Morgan fingerprint density at radius 2 is 2.14 bits per heavy atom. The molecule has 0 amide bonds. The summed E-state index contributed by atoms with van der Waals surface area (Å²) in [4.78, 5) is 0. The fourth-order valence-electron chi connectivity index (χ4n) is 1.39. The molecule has 1 radical (unpaired) electrons. The Morgan fingerprint density at radius 1 is 1.50 bits per heavy atom. The number of benzene rings is 1. The van der Waals surface area contributed by atoms with Crippen molar-refractivity contribution >= 4 is 0 Å². The van der Waals surface area contributed by atoms with Crippen LogP contribution in [0, 0.1) is 6.07 Å². The smallest absolute Gasteiger partial charge is 0.127 e. The van der Waals surface area contributed by atoms with Crippen LogP contribution in [-0.4, -0.2) is 5.11 Å². The number of rotatable bonds is 2. The second kappa shape index (κ2) is 3.87. The molecule has 0 saturated carbocycles. The number of aromatic hydroxyl groups is 1. The van der Waals surface area contributed by atoms with Gasteiger partial charge in [-0.15, -0.1) is 6.58 Å². The summed E-state index contributed by atoms with van der Waals surface area (Å²) < 4.78 is 0. The summed E-state index contributed by atoms with van der Waals surface area (Å²) in [6.07, 6.45) is 2.67.